The van der Waals surface area contributed by atoms with Gasteiger partial charge in [0.15, 0.2) is 0 Å². The van der Waals surface area contributed by atoms with Gasteiger partial charge in [0.2, 0.25) is 0 Å². The van der Waals surface area contributed by atoms with Gasteiger partial charge in [-0.15, -0.1) is 0 Å². The van der Waals surface area contributed by atoms with E-state index in [4.69, 9.17) is 10.5 Å². The molecule has 0 aliphatic carbocycles. The third kappa shape index (κ3) is 3.38. The molecule has 1 fully saturated rings. The number of ether oxygens (including phenoxy) is 1. The van der Waals surface area contributed by atoms with Crippen LogP contribution in [0.1, 0.15) is 29.8 Å². The zero-order valence-corrected chi connectivity index (χ0v) is 11.9. The van der Waals surface area contributed by atoms with Crippen LogP contribution in [0.4, 0.5) is 0 Å². The number of carbonyl (C=O) groups is 1. The second kappa shape index (κ2) is 6.56. The van der Waals surface area contributed by atoms with Crippen LogP contribution in [0.3, 0.4) is 0 Å². The van der Waals surface area contributed by atoms with Crippen molar-refractivity contribution in [3.63, 3.8) is 0 Å². The van der Waals surface area contributed by atoms with Gasteiger partial charge in [0.05, 0.1) is 25.3 Å². The SMILES string of the molecule is CC1CN(C(=O)c2ccc(C#CCN)cc2)C(C)CO1. The largest absolute Gasteiger partial charge is 0.375 e. The Hall–Kier alpha value is -1.83. The van der Waals surface area contributed by atoms with Gasteiger partial charge in [0, 0.05) is 17.7 Å². The summed E-state index contributed by atoms with van der Waals surface area (Å²) in [5.74, 6) is 5.79. The van der Waals surface area contributed by atoms with Gasteiger partial charge in [-0.05, 0) is 38.1 Å². The van der Waals surface area contributed by atoms with Crippen molar-refractivity contribution in [1.82, 2.24) is 4.90 Å². The second-order valence-corrected chi connectivity index (χ2v) is 5.03. The molecule has 0 bridgehead atoms. The Balaban J connectivity index is 2.12. The number of hydrogen-bond acceptors (Lipinski definition) is 3. The Kier molecular flexibility index (Phi) is 4.78. The Morgan fingerprint density at radius 2 is 2.10 bits per heavy atom. The van der Waals surface area contributed by atoms with Crippen LogP contribution in [-0.4, -0.2) is 42.6 Å². The van der Waals surface area contributed by atoms with E-state index in [-0.39, 0.29) is 18.1 Å². The highest BCUT2D eigenvalue weighted by molar-refractivity contribution is 5.94. The van der Waals surface area contributed by atoms with Crippen molar-refractivity contribution in [2.75, 3.05) is 19.7 Å². The van der Waals surface area contributed by atoms with E-state index in [1.807, 2.05) is 43.0 Å². The van der Waals surface area contributed by atoms with Crippen molar-refractivity contribution in [3.8, 4) is 11.8 Å². The summed E-state index contributed by atoms with van der Waals surface area (Å²) in [5.41, 5.74) is 6.89. The summed E-state index contributed by atoms with van der Waals surface area (Å²) in [5, 5.41) is 0. The van der Waals surface area contributed by atoms with Crippen molar-refractivity contribution < 1.29 is 9.53 Å². The Labute approximate surface area is 119 Å². The first-order valence-electron chi connectivity index (χ1n) is 6.83. The smallest absolute Gasteiger partial charge is 0.254 e. The van der Waals surface area contributed by atoms with Gasteiger partial charge in [0.1, 0.15) is 0 Å². The van der Waals surface area contributed by atoms with Crippen molar-refractivity contribution in [1.29, 1.82) is 0 Å². The topological polar surface area (TPSA) is 55.6 Å². The summed E-state index contributed by atoms with van der Waals surface area (Å²) in [4.78, 5) is 14.4. The fourth-order valence-electron chi connectivity index (χ4n) is 2.20. The van der Waals surface area contributed by atoms with Gasteiger partial charge >= 0.3 is 0 Å². The Morgan fingerprint density at radius 1 is 1.40 bits per heavy atom. The normalized spacial score (nSPS) is 22.1. The van der Waals surface area contributed by atoms with Crippen LogP contribution in [0.5, 0.6) is 0 Å². The fourth-order valence-corrected chi connectivity index (χ4v) is 2.20. The molecule has 1 amide bonds. The summed E-state index contributed by atoms with van der Waals surface area (Å²) in [7, 11) is 0. The average molecular weight is 272 g/mol. The molecule has 0 spiro atoms. The average Bonchev–Trinajstić information content (AvgIpc) is 2.47. The maximum atomic E-state index is 12.5. The second-order valence-electron chi connectivity index (χ2n) is 5.03. The molecule has 4 heteroatoms. The molecule has 2 unspecified atom stereocenters. The van der Waals surface area contributed by atoms with Crippen LogP contribution in [-0.2, 0) is 4.74 Å². The van der Waals surface area contributed by atoms with E-state index in [0.29, 0.717) is 25.3 Å². The molecular weight excluding hydrogens is 252 g/mol. The molecule has 1 aromatic carbocycles. The van der Waals surface area contributed by atoms with Gasteiger partial charge in [-0.1, -0.05) is 11.8 Å². The molecule has 0 radical (unpaired) electrons. The van der Waals surface area contributed by atoms with Gasteiger partial charge in [-0.25, -0.2) is 0 Å². The monoisotopic (exact) mass is 272 g/mol. The predicted molar refractivity (Wildman–Crippen MR) is 78.3 cm³/mol. The number of morpholine rings is 1. The van der Waals surface area contributed by atoms with Crippen LogP contribution in [0.2, 0.25) is 0 Å². The minimum Gasteiger partial charge on any atom is -0.375 e. The minimum atomic E-state index is 0.0472. The first kappa shape index (κ1) is 14.6. The van der Waals surface area contributed by atoms with Crippen molar-refractivity contribution in [2.24, 2.45) is 5.73 Å². The third-order valence-corrected chi connectivity index (χ3v) is 3.34. The first-order valence-corrected chi connectivity index (χ1v) is 6.83. The Morgan fingerprint density at radius 3 is 2.75 bits per heavy atom. The highest BCUT2D eigenvalue weighted by Gasteiger charge is 2.28. The van der Waals surface area contributed by atoms with Crippen LogP contribution in [0, 0.1) is 11.8 Å². The molecule has 4 nitrogen and oxygen atoms in total. The van der Waals surface area contributed by atoms with Crippen LogP contribution in [0.25, 0.3) is 0 Å². The molecule has 2 N–H and O–H groups in total. The molecule has 1 aliphatic heterocycles. The predicted octanol–water partition coefficient (Wildman–Crippen LogP) is 1.25. The van der Waals surface area contributed by atoms with Gasteiger partial charge < -0.3 is 15.4 Å². The summed E-state index contributed by atoms with van der Waals surface area (Å²) in [6.07, 6.45) is 0.0878. The molecule has 1 heterocycles. The molecule has 1 saturated heterocycles. The number of nitrogens with zero attached hydrogens (tertiary/aromatic N) is 1. The molecule has 20 heavy (non-hydrogen) atoms. The molecule has 2 atom stereocenters. The number of hydrogen-bond donors (Lipinski definition) is 1. The summed E-state index contributed by atoms with van der Waals surface area (Å²) >= 11 is 0. The fraction of sp³-hybridized carbons (Fsp3) is 0.438. The van der Waals surface area contributed by atoms with Crippen LogP contribution >= 0.6 is 0 Å². The summed E-state index contributed by atoms with van der Waals surface area (Å²) in [6.45, 7) is 5.55. The van der Waals surface area contributed by atoms with E-state index in [1.165, 1.54) is 0 Å². The number of nitrogens with two attached hydrogens (primary N) is 1. The Bertz CT molecular complexity index is 528. The quantitative estimate of drug-likeness (QED) is 0.783. The van der Waals surface area contributed by atoms with Gasteiger partial charge in [-0.2, -0.15) is 0 Å². The minimum absolute atomic E-state index is 0.0472. The molecular formula is C16H20N2O2. The van der Waals surface area contributed by atoms with E-state index >= 15 is 0 Å². The van der Waals surface area contributed by atoms with Gasteiger partial charge in [0.25, 0.3) is 5.91 Å². The number of amides is 1. The highest BCUT2D eigenvalue weighted by atomic mass is 16.5. The van der Waals surface area contributed by atoms with E-state index in [2.05, 4.69) is 11.8 Å². The van der Waals surface area contributed by atoms with Crippen LogP contribution in [0.15, 0.2) is 24.3 Å². The van der Waals surface area contributed by atoms with Crippen molar-refractivity contribution in [2.45, 2.75) is 26.0 Å². The first-order chi connectivity index (χ1) is 9.61. The van der Waals surface area contributed by atoms with Crippen LogP contribution < -0.4 is 5.73 Å². The molecule has 2 rings (SSSR count). The van der Waals surface area contributed by atoms with E-state index in [0.717, 1.165) is 5.56 Å². The third-order valence-electron chi connectivity index (χ3n) is 3.34. The summed E-state index contributed by atoms with van der Waals surface area (Å²) < 4.78 is 5.55. The number of carbonyl (C=O) groups excluding carboxylic acids is 1. The maximum absolute atomic E-state index is 12.5. The molecule has 1 aliphatic rings. The summed E-state index contributed by atoms with van der Waals surface area (Å²) in [6, 6.07) is 7.44. The zero-order valence-electron chi connectivity index (χ0n) is 11.9. The number of rotatable bonds is 1. The molecule has 106 valence electrons. The highest BCUT2D eigenvalue weighted by Crippen LogP contribution is 2.15. The molecule has 0 saturated carbocycles. The van der Waals surface area contributed by atoms with E-state index < -0.39 is 0 Å². The van der Waals surface area contributed by atoms with Crippen molar-refractivity contribution in [3.05, 3.63) is 35.4 Å². The molecule has 0 aromatic heterocycles. The van der Waals surface area contributed by atoms with Crippen molar-refractivity contribution >= 4 is 5.91 Å². The molecule has 1 aromatic rings. The maximum Gasteiger partial charge on any atom is 0.254 e. The van der Waals surface area contributed by atoms with E-state index in [9.17, 15) is 4.79 Å². The van der Waals surface area contributed by atoms with Gasteiger partial charge in [-0.3, -0.25) is 4.79 Å². The number of benzene rings is 1. The lowest BCUT2D eigenvalue weighted by atomic mass is 10.1. The standard InChI is InChI=1S/C16H20N2O2/c1-12-11-20-13(2)10-18(12)16(19)15-7-5-14(6-8-15)4-3-9-17/h5-8,12-13H,9-11,17H2,1-2H3. The lowest BCUT2D eigenvalue weighted by Crippen LogP contribution is -2.50. The lowest BCUT2D eigenvalue weighted by molar-refractivity contribution is -0.0387. The van der Waals surface area contributed by atoms with E-state index in [1.54, 1.807) is 0 Å². The lowest BCUT2D eigenvalue weighted by Gasteiger charge is -2.36. The zero-order chi connectivity index (χ0) is 14.5.